The lowest BCUT2D eigenvalue weighted by atomic mass is 10.00. The zero-order valence-electron chi connectivity index (χ0n) is 9.24. The number of hydrogen-bond donors (Lipinski definition) is 1. The number of aliphatic hydroxyl groups is 1. The van der Waals surface area contributed by atoms with Gasteiger partial charge in [-0.3, -0.25) is 0 Å². The number of fused-ring (bicyclic) bond motifs is 2. The fraction of sp³-hybridized carbons (Fsp3) is 0.538. The highest BCUT2D eigenvalue weighted by Crippen LogP contribution is 2.38. The highest BCUT2D eigenvalue weighted by molar-refractivity contribution is 5.49. The first kappa shape index (κ1) is 9.97. The van der Waals surface area contributed by atoms with E-state index < -0.39 is 0 Å². The topological polar surface area (TPSA) is 38.7 Å². The third kappa shape index (κ3) is 1.65. The zero-order chi connectivity index (χ0) is 11.0. The maximum absolute atomic E-state index is 10.0. The van der Waals surface area contributed by atoms with Gasteiger partial charge in [0.25, 0.3) is 0 Å². The molecular weight excluding hydrogens is 204 g/mol. The van der Waals surface area contributed by atoms with Crippen LogP contribution in [0.1, 0.15) is 36.5 Å². The van der Waals surface area contributed by atoms with Crippen LogP contribution in [-0.2, 0) is 6.42 Å². The summed E-state index contributed by atoms with van der Waals surface area (Å²) in [5, 5.41) is 10.0. The molecule has 0 aromatic heterocycles. The molecule has 0 spiro atoms. The van der Waals surface area contributed by atoms with Crippen LogP contribution in [0.4, 0.5) is 0 Å². The second kappa shape index (κ2) is 3.98. The summed E-state index contributed by atoms with van der Waals surface area (Å²) in [7, 11) is 0. The Bertz CT molecular complexity index is 400. The van der Waals surface area contributed by atoms with Crippen LogP contribution in [-0.4, -0.2) is 18.3 Å². The molecule has 3 rings (SSSR count). The number of aryl methyl sites for hydroxylation is 1. The van der Waals surface area contributed by atoms with Crippen molar-refractivity contribution in [3.63, 3.8) is 0 Å². The molecule has 3 nitrogen and oxygen atoms in total. The van der Waals surface area contributed by atoms with Crippen LogP contribution in [0.15, 0.2) is 12.1 Å². The highest BCUT2D eigenvalue weighted by Gasteiger charge is 2.21. The molecule has 0 bridgehead atoms. The van der Waals surface area contributed by atoms with Crippen LogP contribution >= 0.6 is 0 Å². The zero-order valence-corrected chi connectivity index (χ0v) is 9.24. The SMILES string of the molecule is O[C@@H]1CCCCc2cc3c(cc21)OCCO3. The summed E-state index contributed by atoms with van der Waals surface area (Å²) in [6.07, 6.45) is 3.77. The van der Waals surface area contributed by atoms with Crippen LogP contribution in [0.5, 0.6) is 11.5 Å². The summed E-state index contributed by atoms with van der Waals surface area (Å²) < 4.78 is 11.1. The van der Waals surface area contributed by atoms with Crippen LogP contribution < -0.4 is 9.47 Å². The Balaban J connectivity index is 2.06. The monoisotopic (exact) mass is 220 g/mol. The van der Waals surface area contributed by atoms with Crippen molar-refractivity contribution >= 4 is 0 Å². The smallest absolute Gasteiger partial charge is 0.161 e. The van der Waals surface area contributed by atoms with Crippen molar-refractivity contribution in [2.75, 3.05) is 13.2 Å². The van der Waals surface area contributed by atoms with Crippen LogP contribution in [0.3, 0.4) is 0 Å². The molecule has 0 unspecified atom stereocenters. The number of rotatable bonds is 0. The maximum Gasteiger partial charge on any atom is 0.161 e. The molecular formula is C13H16O3. The van der Waals surface area contributed by atoms with E-state index in [4.69, 9.17) is 9.47 Å². The fourth-order valence-corrected chi connectivity index (χ4v) is 2.48. The first-order valence-electron chi connectivity index (χ1n) is 5.95. The molecule has 86 valence electrons. The van der Waals surface area contributed by atoms with E-state index in [0.717, 1.165) is 42.7 Å². The molecule has 1 aromatic carbocycles. The lowest BCUT2D eigenvalue weighted by molar-refractivity contribution is 0.159. The summed E-state index contributed by atoms with van der Waals surface area (Å²) >= 11 is 0. The van der Waals surface area contributed by atoms with E-state index in [1.165, 1.54) is 5.56 Å². The average Bonchev–Trinajstić information content (AvgIpc) is 2.49. The lowest BCUT2D eigenvalue weighted by Gasteiger charge is -2.21. The number of aliphatic hydroxyl groups excluding tert-OH is 1. The minimum Gasteiger partial charge on any atom is -0.486 e. The molecule has 0 radical (unpaired) electrons. The van der Waals surface area contributed by atoms with Crippen molar-refractivity contribution in [3.8, 4) is 11.5 Å². The first-order valence-corrected chi connectivity index (χ1v) is 5.95. The van der Waals surface area contributed by atoms with Crippen molar-refractivity contribution in [2.24, 2.45) is 0 Å². The Morgan fingerprint density at radius 1 is 1.06 bits per heavy atom. The van der Waals surface area contributed by atoms with Gasteiger partial charge in [-0.2, -0.15) is 0 Å². The Kier molecular flexibility index (Phi) is 2.48. The molecule has 0 saturated heterocycles. The first-order chi connectivity index (χ1) is 7.84. The van der Waals surface area contributed by atoms with Gasteiger partial charge in [-0.05, 0) is 42.5 Å². The Hall–Kier alpha value is -1.22. The summed E-state index contributed by atoms with van der Waals surface area (Å²) in [4.78, 5) is 0. The normalized spacial score (nSPS) is 23.4. The molecule has 1 N–H and O–H groups in total. The van der Waals surface area contributed by atoms with Gasteiger partial charge in [-0.15, -0.1) is 0 Å². The highest BCUT2D eigenvalue weighted by atomic mass is 16.6. The predicted molar refractivity (Wildman–Crippen MR) is 59.9 cm³/mol. The number of benzene rings is 1. The molecule has 0 amide bonds. The standard InChI is InChI=1S/C13H16O3/c14-11-4-2-1-3-9-7-12-13(8-10(9)11)16-6-5-15-12/h7-8,11,14H,1-6H2/t11-/m1/s1. The van der Waals surface area contributed by atoms with Crippen molar-refractivity contribution < 1.29 is 14.6 Å². The number of ether oxygens (including phenoxy) is 2. The average molecular weight is 220 g/mol. The van der Waals surface area contributed by atoms with E-state index in [-0.39, 0.29) is 6.10 Å². The summed E-state index contributed by atoms with van der Waals surface area (Å²) in [6.45, 7) is 1.22. The molecule has 1 aromatic rings. The molecule has 3 heteroatoms. The molecule has 16 heavy (non-hydrogen) atoms. The van der Waals surface area contributed by atoms with Crippen molar-refractivity contribution in [3.05, 3.63) is 23.3 Å². The largest absolute Gasteiger partial charge is 0.486 e. The maximum atomic E-state index is 10.0. The van der Waals surface area contributed by atoms with Gasteiger partial charge in [0.1, 0.15) is 13.2 Å². The van der Waals surface area contributed by atoms with E-state index in [0.29, 0.717) is 13.2 Å². The van der Waals surface area contributed by atoms with Gasteiger partial charge in [0.15, 0.2) is 11.5 Å². The minimum absolute atomic E-state index is 0.340. The van der Waals surface area contributed by atoms with Gasteiger partial charge in [0, 0.05) is 0 Å². The van der Waals surface area contributed by atoms with Gasteiger partial charge in [-0.1, -0.05) is 6.42 Å². The van der Waals surface area contributed by atoms with E-state index in [1.54, 1.807) is 0 Å². The molecule has 2 aliphatic rings. The summed E-state index contributed by atoms with van der Waals surface area (Å²) in [6, 6.07) is 4.00. The predicted octanol–water partition coefficient (Wildman–Crippen LogP) is 2.22. The molecule has 0 saturated carbocycles. The minimum atomic E-state index is -0.340. The summed E-state index contributed by atoms with van der Waals surface area (Å²) in [5.41, 5.74) is 2.25. The molecule has 0 fully saturated rings. The third-order valence-corrected chi connectivity index (χ3v) is 3.34. The van der Waals surface area contributed by atoms with Gasteiger partial charge in [0.05, 0.1) is 6.10 Å². The van der Waals surface area contributed by atoms with Crippen molar-refractivity contribution in [2.45, 2.75) is 31.8 Å². The van der Waals surface area contributed by atoms with E-state index in [1.807, 2.05) is 12.1 Å². The lowest BCUT2D eigenvalue weighted by Crippen LogP contribution is -2.16. The molecule has 1 atom stereocenters. The Labute approximate surface area is 95.0 Å². The Morgan fingerprint density at radius 3 is 2.62 bits per heavy atom. The van der Waals surface area contributed by atoms with Crippen molar-refractivity contribution in [1.82, 2.24) is 0 Å². The van der Waals surface area contributed by atoms with Crippen LogP contribution in [0, 0.1) is 0 Å². The Morgan fingerprint density at radius 2 is 1.81 bits per heavy atom. The number of hydrogen-bond acceptors (Lipinski definition) is 3. The summed E-state index contributed by atoms with van der Waals surface area (Å²) in [5.74, 6) is 1.62. The van der Waals surface area contributed by atoms with E-state index in [9.17, 15) is 5.11 Å². The van der Waals surface area contributed by atoms with Crippen LogP contribution in [0.2, 0.25) is 0 Å². The van der Waals surface area contributed by atoms with E-state index in [2.05, 4.69) is 0 Å². The van der Waals surface area contributed by atoms with Gasteiger partial charge >= 0.3 is 0 Å². The fourth-order valence-electron chi connectivity index (χ4n) is 2.48. The molecule has 1 aliphatic carbocycles. The van der Waals surface area contributed by atoms with E-state index >= 15 is 0 Å². The van der Waals surface area contributed by atoms with Gasteiger partial charge < -0.3 is 14.6 Å². The van der Waals surface area contributed by atoms with Crippen molar-refractivity contribution in [1.29, 1.82) is 0 Å². The van der Waals surface area contributed by atoms with Gasteiger partial charge in [0.2, 0.25) is 0 Å². The van der Waals surface area contributed by atoms with Crippen LogP contribution in [0.25, 0.3) is 0 Å². The second-order valence-electron chi connectivity index (χ2n) is 4.46. The quantitative estimate of drug-likeness (QED) is 0.681. The second-order valence-corrected chi connectivity index (χ2v) is 4.46. The molecule has 1 aliphatic heterocycles. The molecule has 1 heterocycles. The van der Waals surface area contributed by atoms with Gasteiger partial charge in [-0.25, -0.2) is 0 Å². The third-order valence-electron chi connectivity index (χ3n) is 3.34.